The predicted octanol–water partition coefficient (Wildman–Crippen LogP) is 3.98. The maximum Gasteiger partial charge on any atom is 0.277 e. The van der Waals surface area contributed by atoms with Gasteiger partial charge in [-0.25, -0.2) is 10.0 Å². The van der Waals surface area contributed by atoms with Crippen LogP contribution >= 0.6 is 0 Å². The van der Waals surface area contributed by atoms with Crippen LogP contribution in [0.1, 0.15) is 42.4 Å². The van der Waals surface area contributed by atoms with Crippen LogP contribution in [-0.2, 0) is 20.8 Å². The second-order valence-corrected chi connectivity index (χ2v) is 9.76. The lowest BCUT2D eigenvalue weighted by atomic mass is 9.96. The summed E-state index contributed by atoms with van der Waals surface area (Å²) in [5.41, 5.74) is 1.74. The van der Waals surface area contributed by atoms with E-state index >= 15 is 0 Å². The SMILES string of the molecule is CC(=O)N([C@@H](Cc1ccccc1)C(=O)C=N)N1C(=O)[C@@H](C(C)C)N(C(=O)c2ccccn2)C=C1c1ccccc1. The Balaban J connectivity index is 1.92. The number of carbonyl (C=O) groups excluding carboxylic acids is 4. The normalized spacial score (nSPS) is 15.8. The molecule has 0 saturated carbocycles. The van der Waals surface area contributed by atoms with Crippen molar-refractivity contribution in [3.05, 3.63) is 108 Å². The van der Waals surface area contributed by atoms with Crippen molar-refractivity contribution in [2.24, 2.45) is 5.92 Å². The summed E-state index contributed by atoms with van der Waals surface area (Å²) in [6, 6.07) is 20.8. The molecule has 204 valence electrons. The fourth-order valence-electron chi connectivity index (χ4n) is 4.81. The number of carbonyl (C=O) groups is 4. The van der Waals surface area contributed by atoms with Crippen molar-refractivity contribution in [2.75, 3.05) is 0 Å². The van der Waals surface area contributed by atoms with Crippen molar-refractivity contribution >= 4 is 35.4 Å². The zero-order chi connectivity index (χ0) is 28.8. The Kier molecular flexibility index (Phi) is 8.63. The van der Waals surface area contributed by atoms with Crippen molar-refractivity contribution in [2.45, 2.75) is 39.3 Å². The number of hydrazine groups is 1. The smallest absolute Gasteiger partial charge is 0.277 e. The van der Waals surface area contributed by atoms with Gasteiger partial charge in [-0.3, -0.25) is 29.1 Å². The summed E-state index contributed by atoms with van der Waals surface area (Å²) in [7, 11) is 0. The number of amides is 3. The van der Waals surface area contributed by atoms with E-state index in [-0.39, 0.29) is 23.7 Å². The maximum absolute atomic E-state index is 14.4. The van der Waals surface area contributed by atoms with E-state index in [2.05, 4.69) is 4.98 Å². The number of Topliss-reactive ketones (excluding diaryl/α,β-unsaturated/α-hetero) is 1. The van der Waals surface area contributed by atoms with Crippen molar-refractivity contribution in [3.63, 3.8) is 0 Å². The molecule has 2 aromatic carbocycles. The molecule has 1 aliphatic heterocycles. The lowest BCUT2D eigenvalue weighted by Crippen LogP contribution is -2.63. The van der Waals surface area contributed by atoms with Crippen LogP contribution in [0.5, 0.6) is 0 Å². The highest BCUT2D eigenvalue weighted by atomic mass is 16.2. The first-order valence-electron chi connectivity index (χ1n) is 13.0. The minimum absolute atomic E-state index is 0.0867. The third-order valence-corrected chi connectivity index (χ3v) is 6.65. The quantitative estimate of drug-likeness (QED) is 0.415. The maximum atomic E-state index is 14.4. The topological polar surface area (TPSA) is 115 Å². The van der Waals surface area contributed by atoms with Crippen LogP contribution in [0.15, 0.2) is 91.3 Å². The van der Waals surface area contributed by atoms with E-state index in [0.29, 0.717) is 11.8 Å². The molecule has 4 rings (SSSR count). The van der Waals surface area contributed by atoms with Crippen LogP contribution in [0, 0.1) is 11.3 Å². The molecule has 9 nitrogen and oxygen atoms in total. The van der Waals surface area contributed by atoms with Crippen molar-refractivity contribution in [1.82, 2.24) is 19.9 Å². The Morgan fingerprint density at radius 3 is 2.15 bits per heavy atom. The first-order chi connectivity index (χ1) is 19.2. The zero-order valence-electron chi connectivity index (χ0n) is 22.6. The highest BCUT2D eigenvalue weighted by Gasteiger charge is 2.46. The van der Waals surface area contributed by atoms with E-state index in [9.17, 15) is 19.2 Å². The van der Waals surface area contributed by atoms with Gasteiger partial charge in [0.25, 0.3) is 11.8 Å². The number of aromatic nitrogens is 1. The summed E-state index contributed by atoms with van der Waals surface area (Å²) in [5, 5.41) is 10.1. The average molecular weight is 538 g/mol. The van der Waals surface area contributed by atoms with Crippen molar-refractivity contribution in [3.8, 4) is 0 Å². The lowest BCUT2D eigenvalue weighted by Gasteiger charge is -2.46. The summed E-state index contributed by atoms with van der Waals surface area (Å²) in [6.07, 6.45) is 3.80. The third kappa shape index (κ3) is 5.73. The molecule has 2 atom stereocenters. The first-order valence-corrected chi connectivity index (χ1v) is 13.0. The highest BCUT2D eigenvalue weighted by Crippen LogP contribution is 2.33. The van der Waals surface area contributed by atoms with E-state index in [4.69, 9.17) is 5.41 Å². The van der Waals surface area contributed by atoms with Crippen LogP contribution < -0.4 is 0 Å². The number of benzene rings is 2. The molecule has 1 N–H and O–H groups in total. The zero-order valence-corrected chi connectivity index (χ0v) is 22.6. The number of nitrogens with zero attached hydrogens (tertiary/aromatic N) is 4. The van der Waals surface area contributed by atoms with E-state index in [1.807, 2.05) is 50.2 Å². The van der Waals surface area contributed by atoms with Gasteiger partial charge >= 0.3 is 0 Å². The van der Waals surface area contributed by atoms with Gasteiger partial charge < -0.3 is 5.41 Å². The molecule has 1 aliphatic rings. The van der Waals surface area contributed by atoms with Gasteiger partial charge in [-0.1, -0.05) is 80.6 Å². The first kappa shape index (κ1) is 28.1. The standard InChI is InChI=1S/C31H31N5O4/c1-21(2)29-31(40)36(35(22(3)37)26(28(38)19-32)18-23-12-6-4-7-13-23)27(24-14-8-5-9-15-24)20-34(29)30(39)25-16-10-11-17-33-25/h4-17,19-21,26,29,32H,18H2,1-3H3/t26-,29+/m0/s1. The number of nitrogens with one attached hydrogen (secondary N) is 1. The fraction of sp³-hybridized carbons (Fsp3) is 0.226. The number of hydrogen-bond donors (Lipinski definition) is 1. The van der Waals surface area contributed by atoms with Crippen LogP contribution in [0.4, 0.5) is 0 Å². The second-order valence-electron chi connectivity index (χ2n) is 9.76. The summed E-state index contributed by atoms with van der Waals surface area (Å²) in [6.45, 7) is 4.90. The Morgan fingerprint density at radius 2 is 1.60 bits per heavy atom. The summed E-state index contributed by atoms with van der Waals surface area (Å²) < 4.78 is 0. The molecule has 0 bridgehead atoms. The number of ketones is 1. The van der Waals surface area contributed by atoms with Gasteiger partial charge in [-0.2, -0.15) is 0 Å². The number of hydrogen-bond acceptors (Lipinski definition) is 6. The summed E-state index contributed by atoms with van der Waals surface area (Å²) in [4.78, 5) is 60.1. The molecular weight excluding hydrogens is 506 g/mol. The molecule has 0 spiro atoms. The number of pyridine rings is 1. The molecule has 3 aromatic rings. The molecular formula is C31H31N5O4. The van der Waals surface area contributed by atoms with Crippen molar-refractivity contribution in [1.29, 1.82) is 5.41 Å². The van der Waals surface area contributed by atoms with Gasteiger partial charge in [0.2, 0.25) is 5.91 Å². The highest BCUT2D eigenvalue weighted by molar-refractivity contribution is 6.29. The number of rotatable bonds is 9. The average Bonchev–Trinajstić information content (AvgIpc) is 2.97. The van der Waals surface area contributed by atoms with E-state index < -0.39 is 35.6 Å². The molecule has 0 fully saturated rings. The molecule has 0 radical (unpaired) electrons. The summed E-state index contributed by atoms with van der Waals surface area (Å²) in [5.74, 6) is -2.56. The van der Waals surface area contributed by atoms with Gasteiger partial charge in [0, 0.05) is 31.3 Å². The molecule has 1 aromatic heterocycles. The predicted molar refractivity (Wildman–Crippen MR) is 151 cm³/mol. The van der Waals surface area contributed by atoms with Gasteiger partial charge in [0.15, 0.2) is 5.78 Å². The fourth-order valence-corrected chi connectivity index (χ4v) is 4.81. The largest absolute Gasteiger partial charge is 0.305 e. The Hall–Kier alpha value is -4.92. The van der Waals surface area contributed by atoms with E-state index in [1.54, 1.807) is 48.7 Å². The molecule has 0 saturated heterocycles. The van der Waals surface area contributed by atoms with E-state index in [0.717, 1.165) is 10.6 Å². The Labute approximate surface area is 233 Å². The lowest BCUT2D eigenvalue weighted by molar-refractivity contribution is -0.165. The Morgan fingerprint density at radius 1 is 0.975 bits per heavy atom. The monoisotopic (exact) mass is 537 g/mol. The third-order valence-electron chi connectivity index (χ3n) is 6.65. The minimum Gasteiger partial charge on any atom is -0.305 e. The molecule has 0 unspecified atom stereocenters. The van der Waals surface area contributed by atoms with Gasteiger partial charge in [-0.15, -0.1) is 0 Å². The van der Waals surface area contributed by atoms with E-state index in [1.165, 1.54) is 23.0 Å². The minimum atomic E-state index is -1.17. The Bertz CT molecular complexity index is 1420. The molecule has 0 aliphatic carbocycles. The van der Waals surface area contributed by atoms with Gasteiger partial charge in [-0.05, 0) is 23.6 Å². The molecule has 9 heteroatoms. The van der Waals surface area contributed by atoms with Crippen LogP contribution in [0.2, 0.25) is 0 Å². The molecule has 40 heavy (non-hydrogen) atoms. The van der Waals surface area contributed by atoms with Crippen LogP contribution in [-0.4, -0.2) is 61.7 Å². The van der Waals surface area contributed by atoms with Crippen LogP contribution in [0.3, 0.4) is 0 Å². The molecule has 3 amide bonds. The summed E-state index contributed by atoms with van der Waals surface area (Å²) >= 11 is 0. The van der Waals surface area contributed by atoms with Gasteiger partial charge in [0.1, 0.15) is 17.8 Å². The van der Waals surface area contributed by atoms with Crippen molar-refractivity contribution < 1.29 is 19.2 Å². The van der Waals surface area contributed by atoms with Gasteiger partial charge in [0.05, 0.1) is 11.9 Å². The molecule has 2 heterocycles. The van der Waals surface area contributed by atoms with Crippen LogP contribution in [0.25, 0.3) is 5.70 Å². The second kappa shape index (κ2) is 12.3.